The zero-order valence-corrected chi connectivity index (χ0v) is 15.1. The number of nitrogens with zero attached hydrogens (tertiary/aromatic N) is 2. The molecule has 0 bridgehead atoms. The number of rotatable bonds is 7. The molecule has 5 nitrogen and oxygen atoms in total. The zero-order valence-electron chi connectivity index (χ0n) is 14.2. The Balaban J connectivity index is 1.84. The first-order valence-corrected chi connectivity index (χ1v) is 10.1. The molecule has 1 aliphatic heterocycles. The highest BCUT2D eigenvalue weighted by Crippen LogP contribution is 2.18. The molecule has 1 saturated heterocycles. The van der Waals surface area contributed by atoms with Crippen LogP contribution in [-0.4, -0.2) is 68.4 Å². The van der Waals surface area contributed by atoms with Crippen molar-refractivity contribution in [2.45, 2.75) is 25.8 Å². The van der Waals surface area contributed by atoms with E-state index in [-0.39, 0.29) is 35.8 Å². The Hall–Kier alpha value is -1.47. The minimum Gasteiger partial charge on any atom is -0.338 e. The van der Waals surface area contributed by atoms with E-state index in [4.69, 9.17) is 0 Å². The third kappa shape index (κ3) is 5.27. The van der Waals surface area contributed by atoms with Crippen LogP contribution in [0, 0.1) is 5.82 Å². The van der Waals surface area contributed by atoms with Crippen LogP contribution in [0.2, 0.25) is 0 Å². The van der Waals surface area contributed by atoms with E-state index < -0.39 is 9.84 Å². The van der Waals surface area contributed by atoms with Crippen molar-refractivity contribution in [3.8, 4) is 0 Å². The number of hydrogen-bond donors (Lipinski definition) is 0. The van der Waals surface area contributed by atoms with Crippen LogP contribution in [0.3, 0.4) is 0 Å². The van der Waals surface area contributed by atoms with Crippen LogP contribution in [0.15, 0.2) is 24.3 Å². The first-order chi connectivity index (χ1) is 11.3. The van der Waals surface area contributed by atoms with E-state index in [1.54, 1.807) is 17.0 Å². The summed E-state index contributed by atoms with van der Waals surface area (Å²) in [6, 6.07) is 6.15. The molecule has 0 radical (unpaired) electrons. The molecule has 1 aromatic rings. The average Bonchev–Trinajstić information content (AvgIpc) is 2.87. The molecule has 0 N–H and O–H groups in total. The second-order valence-electron chi connectivity index (χ2n) is 6.35. The van der Waals surface area contributed by atoms with Crippen molar-refractivity contribution >= 4 is 15.7 Å². The second-order valence-corrected chi connectivity index (χ2v) is 8.58. The number of amides is 1. The predicted molar refractivity (Wildman–Crippen MR) is 92.0 cm³/mol. The van der Waals surface area contributed by atoms with Crippen molar-refractivity contribution in [1.29, 1.82) is 0 Å². The van der Waals surface area contributed by atoms with Gasteiger partial charge in [0.25, 0.3) is 0 Å². The van der Waals surface area contributed by atoms with E-state index in [1.165, 1.54) is 12.1 Å². The molecule has 0 aromatic heterocycles. The monoisotopic (exact) mass is 356 g/mol. The summed E-state index contributed by atoms with van der Waals surface area (Å²) in [6.45, 7) is 3.33. The highest BCUT2D eigenvalue weighted by Gasteiger charge is 2.33. The Bertz CT molecular complexity index is 661. The molecule has 1 aliphatic rings. The van der Waals surface area contributed by atoms with Crippen molar-refractivity contribution in [3.63, 3.8) is 0 Å². The quantitative estimate of drug-likeness (QED) is 0.740. The number of halogens is 1. The van der Waals surface area contributed by atoms with Gasteiger partial charge in [0, 0.05) is 19.1 Å². The summed E-state index contributed by atoms with van der Waals surface area (Å²) in [7, 11) is -1.14. The number of sulfone groups is 1. The molecular weight excluding hydrogens is 331 g/mol. The number of carbonyl (C=O) groups excluding carboxylic acids is 1. The topological polar surface area (TPSA) is 57.7 Å². The van der Waals surface area contributed by atoms with Gasteiger partial charge in [-0.2, -0.15) is 0 Å². The van der Waals surface area contributed by atoms with Crippen molar-refractivity contribution in [2.24, 2.45) is 0 Å². The van der Waals surface area contributed by atoms with Gasteiger partial charge in [-0.05, 0) is 44.5 Å². The van der Waals surface area contributed by atoms with Crippen LogP contribution >= 0.6 is 0 Å². The van der Waals surface area contributed by atoms with Crippen molar-refractivity contribution in [3.05, 3.63) is 35.6 Å². The zero-order chi connectivity index (χ0) is 17.7. The lowest BCUT2D eigenvalue weighted by Crippen LogP contribution is -2.45. The predicted octanol–water partition coefficient (Wildman–Crippen LogP) is 1.34. The molecular formula is C17H25FN2O3S. The maximum absolute atomic E-state index is 12.9. The molecule has 1 fully saturated rings. The normalized spacial score (nSPS) is 19.6. The molecule has 24 heavy (non-hydrogen) atoms. The first-order valence-electron chi connectivity index (χ1n) is 8.23. The van der Waals surface area contributed by atoms with E-state index in [1.807, 2.05) is 18.9 Å². The average molecular weight is 356 g/mol. The SMILES string of the molecule is CCN(C(=O)CN(C)CCc1ccc(F)cc1)C1CCS(=O)(=O)C1. The van der Waals surface area contributed by atoms with Crippen LogP contribution < -0.4 is 0 Å². The third-order valence-corrected chi connectivity index (χ3v) is 6.16. The summed E-state index contributed by atoms with van der Waals surface area (Å²) in [5.41, 5.74) is 1.02. The standard InChI is InChI=1S/C17H25FN2O3S/c1-3-20(16-9-11-24(22,23)13-16)17(21)12-19(2)10-8-14-4-6-15(18)7-5-14/h4-7,16H,3,8-13H2,1-2H3. The largest absolute Gasteiger partial charge is 0.338 e. The van der Waals surface area contributed by atoms with E-state index in [0.29, 0.717) is 19.5 Å². The van der Waals surface area contributed by atoms with Gasteiger partial charge in [0.1, 0.15) is 5.82 Å². The molecule has 0 saturated carbocycles. The fourth-order valence-corrected chi connectivity index (χ4v) is 4.76. The first kappa shape index (κ1) is 18.9. The van der Waals surface area contributed by atoms with E-state index >= 15 is 0 Å². The van der Waals surface area contributed by atoms with Gasteiger partial charge < -0.3 is 4.90 Å². The van der Waals surface area contributed by atoms with Crippen LogP contribution in [0.1, 0.15) is 18.9 Å². The van der Waals surface area contributed by atoms with Gasteiger partial charge in [-0.3, -0.25) is 9.69 Å². The third-order valence-electron chi connectivity index (χ3n) is 4.41. The van der Waals surface area contributed by atoms with Gasteiger partial charge >= 0.3 is 0 Å². The maximum Gasteiger partial charge on any atom is 0.237 e. The lowest BCUT2D eigenvalue weighted by Gasteiger charge is -2.29. The molecule has 1 atom stereocenters. The molecule has 1 amide bonds. The summed E-state index contributed by atoms with van der Waals surface area (Å²) >= 11 is 0. The minimum absolute atomic E-state index is 0.0405. The van der Waals surface area contributed by atoms with E-state index in [9.17, 15) is 17.6 Å². The van der Waals surface area contributed by atoms with Crippen LogP contribution in [0.4, 0.5) is 4.39 Å². The Kier molecular flexibility index (Phi) is 6.34. The molecule has 7 heteroatoms. The Morgan fingerprint density at radius 3 is 2.50 bits per heavy atom. The number of hydrogen-bond acceptors (Lipinski definition) is 4. The van der Waals surface area contributed by atoms with E-state index in [2.05, 4.69) is 0 Å². The molecule has 0 spiro atoms. The highest BCUT2D eigenvalue weighted by atomic mass is 32.2. The van der Waals surface area contributed by atoms with Gasteiger partial charge in [-0.25, -0.2) is 12.8 Å². The Morgan fingerprint density at radius 2 is 1.96 bits per heavy atom. The van der Waals surface area contributed by atoms with Crippen molar-refractivity contribution in [1.82, 2.24) is 9.80 Å². The highest BCUT2D eigenvalue weighted by molar-refractivity contribution is 7.91. The Morgan fingerprint density at radius 1 is 1.29 bits per heavy atom. The van der Waals surface area contributed by atoms with Crippen LogP contribution in [-0.2, 0) is 21.1 Å². The fraction of sp³-hybridized carbons (Fsp3) is 0.588. The van der Waals surface area contributed by atoms with Crippen LogP contribution in [0.25, 0.3) is 0 Å². The maximum atomic E-state index is 12.9. The molecule has 0 aliphatic carbocycles. The molecule has 2 rings (SSSR count). The van der Waals surface area contributed by atoms with Gasteiger partial charge in [0.2, 0.25) is 5.91 Å². The summed E-state index contributed by atoms with van der Waals surface area (Å²) in [5.74, 6) is -0.0538. The lowest BCUT2D eigenvalue weighted by molar-refractivity contribution is -0.133. The van der Waals surface area contributed by atoms with Crippen molar-refractivity contribution in [2.75, 3.05) is 38.2 Å². The molecule has 1 aromatic carbocycles. The summed E-state index contributed by atoms with van der Waals surface area (Å²) in [4.78, 5) is 16.1. The molecule has 1 heterocycles. The van der Waals surface area contributed by atoms with Crippen LogP contribution in [0.5, 0.6) is 0 Å². The number of benzene rings is 1. The van der Waals surface area contributed by atoms with Crippen molar-refractivity contribution < 1.29 is 17.6 Å². The minimum atomic E-state index is -3.00. The van der Waals surface area contributed by atoms with Gasteiger partial charge in [-0.1, -0.05) is 12.1 Å². The fourth-order valence-electron chi connectivity index (χ4n) is 3.03. The number of likely N-dealkylation sites (N-methyl/N-ethyl adjacent to an activating group) is 2. The summed E-state index contributed by atoms with van der Waals surface area (Å²) in [5, 5.41) is 0. The van der Waals surface area contributed by atoms with Gasteiger partial charge in [0.15, 0.2) is 9.84 Å². The number of carbonyl (C=O) groups is 1. The van der Waals surface area contributed by atoms with Gasteiger partial charge in [-0.15, -0.1) is 0 Å². The van der Waals surface area contributed by atoms with Gasteiger partial charge in [0.05, 0.1) is 18.1 Å². The van der Waals surface area contributed by atoms with E-state index in [0.717, 1.165) is 12.0 Å². The second kappa shape index (κ2) is 8.07. The lowest BCUT2D eigenvalue weighted by atomic mass is 10.1. The summed E-state index contributed by atoms with van der Waals surface area (Å²) < 4.78 is 36.1. The molecule has 134 valence electrons. The smallest absolute Gasteiger partial charge is 0.237 e. The summed E-state index contributed by atoms with van der Waals surface area (Å²) in [6.07, 6.45) is 1.26. The molecule has 1 unspecified atom stereocenters. The Labute approximate surface area is 143 Å².